The third kappa shape index (κ3) is 5.21. The monoisotopic (exact) mass is 506 g/mol. The number of pyridine rings is 2. The van der Waals surface area contributed by atoms with E-state index in [9.17, 15) is 9.00 Å². The van der Waals surface area contributed by atoms with Crippen molar-refractivity contribution in [3.8, 4) is 11.4 Å². The van der Waals surface area contributed by atoms with Gasteiger partial charge in [-0.3, -0.25) is 10.1 Å². The van der Waals surface area contributed by atoms with Gasteiger partial charge in [0.05, 0.1) is 35.2 Å². The number of rotatable bonds is 6. The van der Waals surface area contributed by atoms with Crippen LogP contribution in [-0.4, -0.2) is 69.6 Å². The first-order chi connectivity index (χ1) is 17.5. The average Bonchev–Trinajstić information content (AvgIpc) is 3.44. The maximum Gasteiger partial charge on any atom is 0.442 e. The minimum Gasteiger partial charge on any atom is -0.447 e. The predicted molar refractivity (Wildman–Crippen MR) is 136 cm³/mol. The van der Waals surface area contributed by atoms with Crippen molar-refractivity contribution in [3.05, 3.63) is 66.5 Å². The van der Waals surface area contributed by atoms with Gasteiger partial charge in [0, 0.05) is 48.4 Å². The predicted octanol–water partition coefficient (Wildman–Crippen LogP) is 3.69. The summed E-state index contributed by atoms with van der Waals surface area (Å²) in [4.78, 5) is 24.5. The molecule has 0 aliphatic carbocycles. The summed E-state index contributed by atoms with van der Waals surface area (Å²) in [6.07, 6.45) is 4.41. The molecule has 1 atom stereocenters. The number of nitrogens with zero attached hydrogens (tertiary/aromatic N) is 5. The Morgan fingerprint density at radius 2 is 1.97 bits per heavy atom. The first-order valence-corrected chi connectivity index (χ1v) is 13.5. The summed E-state index contributed by atoms with van der Waals surface area (Å²) >= 11 is 0. The number of hydrogen-bond donors (Lipinski definition) is 1. The third-order valence-corrected chi connectivity index (χ3v) is 7.56. The molecule has 3 aromatic heterocycles. The van der Waals surface area contributed by atoms with Crippen LogP contribution in [-0.2, 0) is 25.6 Å². The number of morpholine rings is 1. The molecule has 1 aromatic carbocycles. The minimum absolute atomic E-state index is 0.0794. The van der Waals surface area contributed by atoms with Crippen LogP contribution in [0.25, 0.3) is 22.3 Å². The molecule has 0 bridgehead atoms. The Morgan fingerprint density at radius 3 is 2.72 bits per heavy atom. The maximum absolute atomic E-state index is 12.9. The largest absolute Gasteiger partial charge is 0.447 e. The molecule has 0 radical (unpaired) electrons. The lowest BCUT2D eigenvalue weighted by molar-refractivity contribution is 0.122. The molecule has 4 aromatic rings. The zero-order chi connectivity index (χ0) is 25.0. The summed E-state index contributed by atoms with van der Waals surface area (Å²) in [5, 5.41) is 7.92. The fourth-order valence-corrected chi connectivity index (χ4v) is 5.20. The fraction of sp³-hybridized carbons (Fsp3) is 0.280. The molecule has 1 fully saturated rings. The molecule has 1 aliphatic rings. The van der Waals surface area contributed by atoms with Crippen molar-refractivity contribution in [2.24, 2.45) is 4.36 Å². The Bertz CT molecular complexity index is 1480. The van der Waals surface area contributed by atoms with Gasteiger partial charge in [0.25, 0.3) is 0 Å². The van der Waals surface area contributed by atoms with Gasteiger partial charge in [-0.1, -0.05) is 18.2 Å². The molecular weight excluding hydrogens is 480 g/mol. The number of H-pyrrole nitrogens is 1. The van der Waals surface area contributed by atoms with Crippen molar-refractivity contribution < 1.29 is 18.5 Å². The Kier molecular flexibility index (Phi) is 6.92. The van der Waals surface area contributed by atoms with Gasteiger partial charge in [-0.25, -0.2) is 14.0 Å². The van der Waals surface area contributed by atoms with E-state index in [1.165, 1.54) is 6.26 Å². The summed E-state index contributed by atoms with van der Waals surface area (Å²) < 4.78 is 27.6. The molecule has 0 saturated carbocycles. The SMILES string of the molecule is CS(=O)(=NC(=O)OCCc1cc(N2CCOCC2)nc2c(-c3ccn[nH]3)nccc12)c1ccccc1. The first kappa shape index (κ1) is 23.9. The summed E-state index contributed by atoms with van der Waals surface area (Å²) in [6.45, 7) is 2.81. The molecule has 0 spiro atoms. The van der Waals surface area contributed by atoms with Crippen LogP contribution in [0.1, 0.15) is 5.56 Å². The van der Waals surface area contributed by atoms with Crippen molar-refractivity contribution in [1.82, 2.24) is 20.2 Å². The third-order valence-electron chi connectivity index (χ3n) is 5.92. The second-order valence-electron chi connectivity index (χ2n) is 8.34. The van der Waals surface area contributed by atoms with Crippen LogP contribution < -0.4 is 4.90 Å². The molecule has 1 aliphatic heterocycles. The van der Waals surface area contributed by atoms with E-state index in [-0.39, 0.29) is 6.61 Å². The lowest BCUT2D eigenvalue weighted by atomic mass is 10.0. The van der Waals surface area contributed by atoms with E-state index in [4.69, 9.17) is 14.5 Å². The zero-order valence-electron chi connectivity index (χ0n) is 19.8. The molecule has 4 heterocycles. The van der Waals surface area contributed by atoms with E-state index in [0.717, 1.165) is 41.1 Å². The number of benzene rings is 1. The highest BCUT2D eigenvalue weighted by molar-refractivity contribution is 7.93. The van der Waals surface area contributed by atoms with Crippen LogP contribution in [0, 0.1) is 0 Å². The Morgan fingerprint density at radius 1 is 1.17 bits per heavy atom. The van der Waals surface area contributed by atoms with Crippen LogP contribution in [0.5, 0.6) is 0 Å². The van der Waals surface area contributed by atoms with Crippen molar-refractivity contribution in [2.75, 3.05) is 44.1 Å². The van der Waals surface area contributed by atoms with Gasteiger partial charge in [0.15, 0.2) is 0 Å². The molecule has 186 valence electrons. The molecule has 10 nitrogen and oxygen atoms in total. The van der Waals surface area contributed by atoms with Gasteiger partial charge in [-0.15, -0.1) is 4.36 Å². The fourth-order valence-electron chi connectivity index (χ4n) is 4.10. The lowest BCUT2D eigenvalue weighted by Gasteiger charge is -2.28. The summed E-state index contributed by atoms with van der Waals surface area (Å²) in [5.74, 6) is 0.811. The molecule has 5 rings (SSSR count). The van der Waals surface area contributed by atoms with Crippen molar-refractivity contribution >= 4 is 32.5 Å². The number of hydrogen-bond acceptors (Lipinski definition) is 8. The number of ether oxygens (including phenoxy) is 2. The van der Waals surface area contributed by atoms with E-state index in [2.05, 4.69) is 24.4 Å². The van der Waals surface area contributed by atoms with Crippen LogP contribution in [0.15, 0.2) is 70.2 Å². The van der Waals surface area contributed by atoms with Crippen LogP contribution in [0.4, 0.5) is 10.6 Å². The number of aromatic amines is 1. The van der Waals surface area contributed by atoms with Crippen molar-refractivity contribution in [3.63, 3.8) is 0 Å². The standard InChI is InChI=1S/C25H26N6O4S/c1-36(33,19-5-3-2-4-6-19)30-25(32)35-14-9-18-17-22(31-12-15-34-16-13-31)28-23-20(18)7-10-26-24(23)21-8-11-27-29-21/h2-8,10-11,17H,9,12-16H2,1H3,(H,27,29). The topological polar surface area (TPSA) is 123 Å². The number of aromatic nitrogens is 4. The molecular formula is C25H26N6O4S. The highest BCUT2D eigenvalue weighted by Gasteiger charge is 2.18. The highest BCUT2D eigenvalue weighted by Crippen LogP contribution is 2.29. The van der Waals surface area contributed by atoms with Crippen LogP contribution in [0.2, 0.25) is 0 Å². The average molecular weight is 507 g/mol. The van der Waals surface area contributed by atoms with Gasteiger partial charge < -0.3 is 14.4 Å². The highest BCUT2D eigenvalue weighted by atomic mass is 32.2. The summed E-state index contributed by atoms with van der Waals surface area (Å²) in [6, 6.07) is 14.5. The number of amides is 1. The van der Waals surface area contributed by atoms with E-state index < -0.39 is 15.8 Å². The van der Waals surface area contributed by atoms with Crippen molar-refractivity contribution in [1.29, 1.82) is 0 Å². The number of fused-ring (bicyclic) bond motifs is 1. The minimum atomic E-state index is -2.89. The maximum atomic E-state index is 12.9. The van der Waals surface area contributed by atoms with Gasteiger partial charge in [0.2, 0.25) is 0 Å². The van der Waals surface area contributed by atoms with E-state index in [1.807, 2.05) is 24.3 Å². The van der Waals surface area contributed by atoms with E-state index in [0.29, 0.717) is 30.2 Å². The molecule has 1 saturated heterocycles. The number of carbonyl (C=O) groups excluding carboxylic acids is 1. The van der Waals surface area contributed by atoms with Gasteiger partial charge >= 0.3 is 6.09 Å². The Balaban J connectivity index is 1.42. The molecule has 1 N–H and O–H groups in total. The molecule has 1 unspecified atom stereocenters. The smallest absolute Gasteiger partial charge is 0.442 e. The van der Waals surface area contributed by atoms with Crippen LogP contribution >= 0.6 is 0 Å². The Labute approximate surface area is 208 Å². The molecule has 11 heteroatoms. The number of carbonyl (C=O) groups is 1. The lowest BCUT2D eigenvalue weighted by Crippen LogP contribution is -2.36. The second-order valence-corrected chi connectivity index (χ2v) is 10.6. The second kappa shape index (κ2) is 10.4. The van der Waals surface area contributed by atoms with Crippen molar-refractivity contribution in [2.45, 2.75) is 11.3 Å². The quantitative estimate of drug-likeness (QED) is 0.420. The summed E-state index contributed by atoms with van der Waals surface area (Å²) in [5.41, 5.74) is 3.15. The van der Waals surface area contributed by atoms with E-state index >= 15 is 0 Å². The van der Waals surface area contributed by atoms with Gasteiger partial charge in [-0.05, 0) is 35.9 Å². The molecule has 1 amide bonds. The zero-order valence-corrected chi connectivity index (χ0v) is 20.6. The number of nitrogens with one attached hydrogen (secondary N) is 1. The Hall–Kier alpha value is -3.83. The summed E-state index contributed by atoms with van der Waals surface area (Å²) in [7, 11) is -2.89. The molecule has 36 heavy (non-hydrogen) atoms. The number of anilines is 1. The van der Waals surface area contributed by atoms with E-state index in [1.54, 1.807) is 36.7 Å². The van der Waals surface area contributed by atoms with Crippen LogP contribution in [0.3, 0.4) is 0 Å². The van der Waals surface area contributed by atoms with Gasteiger partial charge in [0.1, 0.15) is 17.0 Å². The normalized spacial score (nSPS) is 15.4. The van der Waals surface area contributed by atoms with Gasteiger partial charge in [-0.2, -0.15) is 5.10 Å². The first-order valence-electron chi connectivity index (χ1n) is 11.6.